The Morgan fingerprint density at radius 3 is 2.94 bits per heavy atom. The predicted octanol–water partition coefficient (Wildman–Crippen LogP) is -0.289. The van der Waals surface area contributed by atoms with E-state index in [1.54, 1.807) is 14.0 Å². The maximum Gasteiger partial charge on any atom is 0.207 e. The van der Waals surface area contributed by atoms with Crippen molar-refractivity contribution in [2.45, 2.75) is 13.0 Å². The van der Waals surface area contributed by atoms with Crippen LogP contribution in [0.5, 0.6) is 0 Å². The number of nitrogens with zero attached hydrogens (tertiary/aromatic N) is 2. The largest absolute Gasteiger partial charge is 0.349 e. The van der Waals surface area contributed by atoms with Crippen molar-refractivity contribution < 1.29 is 14.4 Å². The first kappa shape index (κ1) is 12.2. The van der Waals surface area contributed by atoms with Crippen molar-refractivity contribution in [3.8, 4) is 0 Å². The molecule has 0 aromatic carbocycles. The number of nitrogens with one attached hydrogen (secondary N) is 2. The monoisotopic (exact) mass is 226 g/mol. The zero-order chi connectivity index (χ0) is 12.1. The van der Waals surface area contributed by atoms with Crippen molar-refractivity contribution in [3.05, 3.63) is 11.9 Å². The number of aryl methyl sites for hydroxylation is 1. The zero-order valence-corrected chi connectivity index (χ0v) is 9.35. The Morgan fingerprint density at radius 1 is 1.69 bits per heavy atom. The molecule has 16 heavy (non-hydrogen) atoms. The molecule has 7 nitrogen and oxygen atoms in total. The molecule has 1 unspecified atom stereocenters. The van der Waals surface area contributed by atoms with Gasteiger partial charge < -0.3 is 5.32 Å². The van der Waals surface area contributed by atoms with Gasteiger partial charge in [-0.15, -0.1) is 0 Å². The molecule has 1 amide bonds. The summed E-state index contributed by atoms with van der Waals surface area (Å²) in [5.74, 6) is -0.244. The number of hydrogen-bond donors (Lipinski definition) is 2. The van der Waals surface area contributed by atoms with Gasteiger partial charge in [-0.2, -0.15) is 5.10 Å². The lowest BCUT2D eigenvalue weighted by Gasteiger charge is -2.11. The number of carbonyl (C=O) groups excluding carboxylic acids is 2. The van der Waals surface area contributed by atoms with Crippen LogP contribution in [0.25, 0.3) is 0 Å². The normalized spacial score (nSPS) is 11.9. The number of aromatic nitrogens is 2. The second-order valence-corrected chi connectivity index (χ2v) is 3.21. The summed E-state index contributed by atoms with van der Waals surface area (Å²) in [7, 11) is 3.08. The fraction of sp³-hybridized carbons (Fsp3) is 0.444. The molecule has 88 valence electrons. The molecule has 7 heteroatoms. The molecule has 0 bridgehead atoms. The van der Waals surface area contributed by atoms with E-state index in [0.29, 0.717) is 17.8 Å². The van der Waals surface area contributed by atoms with E-state index in [4.69, 9.17) is 4.84 Å². The molecule has 1 aromatic heterocycles. The predicted molar refractivity (Wildman–Crippen MR) is 56.8 cm³/mol. The minimum Gasteiger partial charge on any atom is -0.349 e. The lowest BCUT2D eigenvalue weighted by atomic mass is 10.1. The first-order chi connectivity index (χ1) is 7.61. The zero-order valence-electron chi connectivity index (χ0n) is 9.35. The third kappa shape index (κ3) is 2.37. The quantitative estimate of drug-likeness (QED) is 0.395. The van der Waals surface area contributed by atoms with Crippen LogP contribution >= 0.6 is 0 Å². The average Bonchev–Trinajstić information content (AvgIpc) is 2.60. The molecule has 1 rings (SSSR count). The molecule has 0 radical (unpaired) electrons. The molecule has 0 saturated carbocycles. The maximum absolute atomic E-state index is 11.9. The van der Waals surface area contributed by atoms with Crippen LogP contribution in [0, 0.1) is 0 Å². The Morgan fingerprint density at radius 2 is 2.38 bits per heavy atom. The standard InChI is InChI=1S/C9H14N4O3/c1-6(10-5-14)9(15)8-7(12-16-3)4-11-13(8)2/h4-6,12H,1-3H3,(H,10,14). The number of anilines is 1. The second-order valence-electron chi connectivity index (χ2n) is 3.21. The Hall–Kier alpha value is -1.89. The van der Waals surface area contributed by atoms with Gasteiger partial charge in [-0.05, 0) is 6.92 Å². The number of rotatable bonds is 6. The van der Waals surface area contributed by atoms with Crippen molar-refractivity contribution >= 4 is 17.9 Å². The first-order valence-electron chi connectivity index (χ1n) is 4.66. The van der Waals surface area contributed by atoms with E-state index in [-0.39, 0.29) is 5.78 Å². The van der Waals surface area contributed by atoms with Crippen molar-refractivity contribution in [1.29, 1.82) is 0 Å². The van der Waals surface area contributed by atoms with Gasteiger partial charge in [-0.3, -0.25) is 24.6 Å². The van der Waals surface area contributed by atoms with E-state index >= 15 is 0 Å². The van der Waals surface area contributed by atoms with Gasteiger partial charge >= 0.3 is 0 Å². The highest BCUT2D eigenvalue weighted by Crippen LogP contribution is 2.15. The van der Waals surface area contributed by atoms with Crippen LogP contribution in [0.2, 0.25) is 0 Å². The van der Waals surface area contributed by atoms with E-state index in [2.05, 4.69) is 15.9 Å². The lowest BCUT2D eigenvalue weighted by Crippen LogP contribution is -2.34. The van der Waals surface area contributed by atoms with Crippen LogP contribution in [0.15, 0.2) is 6.20 Å². The summed E-state index contributed by atoms with van der Waals surface area (Å²) in [6.07, 6.45) is 1.97. The number of carbonyl (C=O) groups is 2. The minimum absolute atomic E-state index is 0.244. The summed E-state index contributed by atoms with van der Waals surface area (Å²) < 4.78 is 1.42. The average molecular weight is 226 g/mol. The fourth-order valence-electron chi connectivity index (χ4n) is 1.30. The van der Waals surface area contributed by atoms with Crippen LogP contribution in [-0.2, 0) is 16.7 Å². The van der Waals surface area contributed by atoms with Gasteiger partial charge in [0.15, 0.2) is 0 Å². The van der Waals surface area contributed by atoms with Gasteiger partial charge in [0.05, 0.1) is 19.3 Å². The molecular weight excluding hydrogens is 212 g/mol. The molecule has 0 spiro atoms. The molecule has 0 saturated heterocycles. The number of ketones is 1. The lowest BCUT2D eigenvalue weighted by molar-refractivity contribution is -0.109. The van der Waals surface area contributed by atoms with Crippen molar-refractivity contribution in [3.63, 3.8) is 0 Å². The molecule has 2 N–H and O–H groups in total. The van der Waals surface area contributed by atoms with Crippen LogP contribution in [0.4, 0.5) is 5.69 Å². The number of amides is 1. The summed E-state index contributed by atoms with van der Waals surface area (Å²) in [5, 5.41) is 6.33. The molecule has 0 aliphatic heterocycles. The van der Waals surface area contributed by atoms with Crippen LogP contribution in [0.1, 0.15) is 17.4 Å². The van der Waals surface area contributed by atoms with Gasteiger partial charge in [-0.25, -0.2) is 0 Å². The van der Waals surface area contributed by atoms with E-state index in [9.17, 15) is 9.59 Å². The maximum atomic E-state index is 11.9. The van der Waals surface area contributed by atoms with Gasteiger partial charge in [0.2, 0.25) is 12.2 Å². The highest BCUT2D eigenvalue weighted by molar-refractivity contribution is 6.03. The van der Waals surface area contributed by atoms with E-state index in [1.165, 1.54) is 18.0 Å². The Kier molecular flexibility index (Phi) is 4.01. The molecule has 1 heterocycles. The summed E-state index contributed by atoms with van der Waals surface area (Å²) in [5.41, 5.74) is 3.37. The van der Waals surface area contributed by atoms with Crippen LogP contribution in [0.3, 0.4) is 0 Å². The van der Waals surface area contributed by atoms with Crippen molar-refractivity contribution in [2.24, 2.45) is 7.05 Å². The molecule has 0 fully saturated rings. The Bertz CT molecular complexity index is 388. The molecule has 1 aromatic rings. The van der Waals surface area contributed by atoms with Crippen molar-refractivity contribution in [2.75, 3.05) is 12.6 Å². The third-order valence-electron chi connectivity index (χ3n) is 2.10. The van der Waals surface area contributed by atoms with E-state index in [1.807, 2.05) is 0 Å². The van der Waals surface area contributed by atoms with Gasteiger partial charge in [0.1, 0.15) is 11.4 Å². The highest BCUT2D eigenvalue weighted by atomic mass is 16.6. The highest BCUT2D eigenvalue weighted by Gasteiger charge is 2.22. The molecule has 0 aliphatic rings. The van der Waals surface area contributed by atoms with Gasteiger partial charge in [0.25, 0.3) is 0 Å². The number of hydrogen-bond acceptors (Lipinski definition) is 5. The summed E-state index contributed by atoms with van der Waals surface area (Å²) in [6.45, 7) is 1.60. The molecule has 1 atom stereocenters. The summed E-state index contributed by atoms with van der Waals surface area (Å²) in [6, 6.07) is -0.606. The summed E-state index contributed by atoms with van der Waals surface area (Å²) >= 11 is 0. The van der Waals surface area contributed by atoms with Crippen molar-refractivity contribution in [1.82, 2.24) is 15.1 Å². The SMILES string of the molecule is CONc1cnn(C)c1C(=O)C(C)NC=O. The topological polar surface area (TPSA) is 85.2 Å². The van der Waals surface area contributed by atoms with Crippen LogP contribution < -0.4 is 10.8 Å². The van der Waals surface area contributed by atoms with Gasteiger partial charge in [-0.1, -0.05) is 0 Å². The van der Waals surface area contributed by atoms with Crippen LogP contribution in [-0.4, -0.2) is 35.1 Å². The number of Topliss-reactive ketones (excluding diaryl/α,β-unsaturated/α-hetero) is 1. The third-order valence-corrected chi connectivity index (χ3v) is 2.10. The Labute approximate surface area is 92.7 Å². The van der Waals surface area contributed by atoms with Gasteiger partial charge in [0, 0.05) is 7.05 Å². The molecule has 0 aliphatic carbocycles. The first-order valence-corrected chi connectivity index (χ1v) is 4.66. The smallest absolute Gasteiger partial charge is 0.207 e. The second kappa shape index (κ2) is 5.26. The Balaban J connectivity index is 2.96. The van der Waals surface area contributed by atoms with E-state index < -0.39 is 6.04 Å². The summed E-state index contributed by atoms with van der Waals surface area (Å²) in [4.78, 5) is 26.9. The molecular formula is C9H14N4O3. The fourth-order valence-corrected chi connectivity index (χ4v) is 1.30. The van der Waals surface area contributed by atoms with E-state index in [0.717, 1.165) is 0 Å². The minimum atomic E-state index is -0.606.